The van der Waals surface area contributed by atoms with Crippen LogP contribution in [0.1, 0.15) is 13.8 Å². The van der Waals surface area contributed by atoms with Gasteiger partial charge < -0.3 is 0 Å². The minimum Gasteiger partial charge on any atom is -0.0949 e. The molecule has 0 aromatic carbocycles. The lowest BCUT2D eigenvalue weighted by molar-refractivity contribution is 1.50. The minimum atomic E-state index is 0.781. The Labute approximate surface area is 63.0 Å². The van der Waals surface area contributed by atoms with Crippen LogP contribution in [-0.2, 0) is 0 Å². The lowest BCUT2D eigenvalue weighted by Crippen LogP contribution is -1.75. The average Bonchev–Trinajstić information content (AvgIpc) is 1.82. The van der Waals surface area contributed by atoms with Crippen molar-refractivity contribution in [2.45, 2.75) is 13.8 Å². The Bertz CT molecular complexity index is 230. The summed E-state index contributed by atoms with van der Waals surface area (Å²) in [7, 11) is 0. The van der Waals surface area contributed by atoms with Gasteiger partial charge >= 0.3 is 0 Å². The SMILES string of the molecule is C=C(C)C#CC(=C)C(=C)C. The summed E-state index contributed by atoms with van der Waals surface area (Å²) in [5, 5.41) is 0. The van der Waals surface area contributed by atoms with Crippen LogP contribution in [-0.4, -0.2) is 0 Å². The first kappa shape index (κ1) is 8.78. The van der Waals surface area contributed by atoms with Crippen molar-refractivity contribution in [1.29, 1.82) is 0 Å². The predicted octanol–water partition coefficient (Wildman–Crippen LogP) is 2.70. The van der Waals surface area contributed by atoms with Crippen LogP contribution in [0, 0.1) is 11.8 Å². The van der Waals surface area contributed by atoms with E-state index >= 15 is 0 Å². The van der Waals surface area contributed by atoms with Gasteiger partial charge in [-0.3, -0.25) is 0 Å². The van der Waals surface area contributed by atoms with E-state index in [2.05, 4.69) is 31.6 Å². The van der Waals surface area contributed by atoms with Crippen molar-refractivity contribution in [1.82, 2.24) is 0 Å². The van der Waals surface area contributed by atoms with Gasteiger partial charge in [0, 0.05) is 5.57 Å². The fraction of sp³-hybridized carbons (Fsp3) is 0.200. The topological polar surface area (TPSA) is 0 Å². The van der Waals surface area contributed by atoms with Crippen molar-refractivity contribution in [3.05, 3.63) is 36.5 Å². The van der Waals surface area contributed by atoms with Crippen molar-refractivity contribution in [2.24, 2.45) is 0 Å². The molecule has 0 aromatic rings. The van der Waals surface area contributed by atoms with Gasteiger partial charge in [-0.05, 0) is 25.0 Å². The highest BCUT2D eigenvalue weighted by atomic mass is 13.9. The largest absolute Gasteiger partial charge is 0.0949 e. The number of rotatable bonds is 1. The second kappa shape index (κ2) is 3.74. The van der Waals surface area contributed by atoms with Crippen molar-refractivity contribution < 1.29 is 0 Å². The van der Waals surface area contributed by atoms with Crippen molar-refractivity contribution in [2.75, 3.05) is 0 Å². The molecular formula is C10H12. The predicted molar refractivity (Wildman–Crippen MR) is 46.5 cm³/mol. The first-order valence-electron chi connectivity index (χ1n) is 3.06. The fourth-order valence-corrected chi connectivity index (χ4v) is 0.289. The third-order valence-corrected chi connectivity index (χ3v) is 0.942. The van der Waals surface area contributed by atoms with E-state index in [0.717, 1.165) is 16.7 Å². The normalized spacial score (nSPS) is 7.40. The summed E-state index contributed by atoms with van der Waals surface area (Å²) < 4.78 is 0. The molecule has 0 radical (unpaired) electrons. The number of allylic oxidation sites excluding steroid dienone is 3. The van der Waals surface area contributed by atoms with Crippen LogP contribution in [0.3, 0.4) is 0 Å². The van der Waals surface area contributed by atoms with Crippen LogP contribution in [0.15, 0.2) is 36.5 Å². The summed E-state index contributed by atoms with van der Waals surface area (Å²) in [6.45, 7) is 14.8. The van der Waals surface area contributed by atoms with E-state index in [9.17, 15) is 0 Å². The highest BCUT2D eigenvalue weighted by Crippen LogP contribution is 2.00. The molecule has 52 valence electrons. The summed E-state index contributed by atoms with van der Waals surface area (Å²) in [4.78, 5) is 0. The van der Waals surface area contributed by atoms with E-state index in [4.69, 9.17) is 0 Å². The molecule has 10 heavy (non-hydrogen) atoms. The van der Waals surface area contributed by atoms with Gasteiger partial charge in [-0.1, -0.05) is 31.6 Å². The maximum atomic E-state index is 3.71. The van der Waals surface area contributed by atoms with Gasteiger partial charge in [0.2, 0.25) is 0 Å². The van der Waals surface area contributed by atoms with E-state index < -0.39 is 0 Å². The molecule has 0 saturated carbocycles. The molecule has 0 bridgehead atoms. The molecular weight excluding hydrogens is 120 g/mol. The Morgan fingerprint density at radius 3 is 1.80 bits per heavy atom. The summed E-state index contributed by atoms with van der Waals surface area (Å²) >= 11 is 0. The summed E-state index contributed by atoms with van der Waals surface area (Å²) in [6, 6.07) is 0. The van der Waals surface area contributed by atoms with Gasteiger partial charge in [-0.25, -0.2) is 0 Å². The number of hydrogen-bond acceptors (Lipinski definition) is 0. The molecule has 0 amide bonds. The lowest BCUT2D eigenvalue weighted by Gasteiger charge is -1.90. The van der Waals surface area contributed by atoms with E-state index in [-0.39, 0.29) is 0 Å². The Balaban J connectivity index is 4.20. The van der Waals surface area contributed by atoms with Gasteiger partial charge in [0.25, 0.3) is 0 Å². The first-order valence-corrected chi connectivity index (χ1v) is 3.06. The average molecular weight is 132 g/mol. The van der Waals surface area contributed by atoms with E-state index in [1.54, 1.807) is 0 Å². The molecule has 0 fully saturated rings. The molecule has 0 unspecified atom stereocenters. The Hall–Kier alpha value is -1.22. The summed E-state index contributed by atoms with van der Waals surface area (Å²) in [5.74, 6) is 5.66. The molecule has 0 aromatic heterocycles. The van der Waals surface area contributed by atoms with Crippen LogP contribution in [0.25, 0.3) is 0 Å². The highest BCUT2D eigenvalue weighted by molar-refractivity contribution is 5.43. The zero-order valence-electron chi connectivity index (χ0n) is 6.62. The van der Waals surface area contributed by atoms with E-state index in [1.807, 2.05) is 13.8 Å². The number of hydrogen-bond donors (Lipinski definition) is 0. The van der Waals surface area contributed by atoms with Crippen LogP contribution >= 0.6 is 0 Å². The lowest BCUT2D eigenvalue weighted by atomic mass is 10.1. The fourth-order valence-electron chi connectivity index (χ4n) is 0.289. The molecule has 0 heterocycles. The molecule has 0 heteroatoms. The molecule has 0 aliphatic heterocycles. The minimum absolute atomic E-state index is 0.781. The molecule has 0 aliphatic rings. The Morgan fingerprint density at radius 1 is 1.00 bits per heavy atom. The standard InChI is InChI=1S/C10H12/c1-8(2)6-7-10(5)9(3)4/h1,3,5H2,2,4H3. The molecule has 0 N–H and O–H groups in total. The molecule has 0 atom stereocenters. The van der Waals surface area contributed by atoms with Crippen molar-refractivity contribution in [3.8, 4) is 11.8 Å². The van der Waals surface area contributed by atoms with Gasteiger partial charge in [-0.15, -0.1) is 0 Å². The molecule has 0 spiro atoms. The third kappa shape index (κ3) is 3.74. The molecule has 0 aliphatic carbocycles. The van der Waals surface area contributed by atoms with Crippen molar-refractivity contribution in [3.63, 3.8) is 0 Å². The second-order valence-corrected chi connectivity index (χ2v) is 2.29. The third-order valence-electron chi connectivity index (χ3n) is 0.942. The molecule has 0 nitrogen and oxygen atoms in total. The Morgan fingerprint density at radius 2 is 1.50 bits per heavy atom. The summed E-state index contributed by atoms with van der Waals surface area (Å²) in [6.07, 6.45) is 0. The van der Waals surface area contributed by atoms with E-state index in [0.29, 0.717) is 0 Å². The van der Waals surface area contributed by atoms with Gasteiger partial charge in [0.15, 0.2) is 0 Å². The Kier molecular flexibility index (Phi) is 3.28. The van der Waals surface area contributed by atoms with Crippen LogP contribution in [0.5, 0.6) is 0 Å². The van der Waals surface area contributed by atoms with Crippen LogP contribution in [0.2, 0.25) is 0 Å². The maximum absolute atomic E-state index is 3.71. The molecule has 0 saturated heterocycles. The second-order valence-electron chi connectivity index (χ2n) is 2.29. The monoisotopic (exact) mass is 132 g/mol. The van der Waals surface area contributed by atoms with Crippen LogP contribution < -0.4 is 0 Å². The van der Waals surface area contributed by atoms with Crippen LogP contribution in [0.4, 0.5) is 0 Å². The zero-order valence-corrected chi connectivity index (χ0v) is 6.62. The smallest absolute Gasteiger partial charge is 0.0200 e. The van der Waals surface area contributed by atoms with Gasteiger partial charge in [-0.2, -0.15) is 0 Å². The summed E-state index contributed by atoms with van der Waals surface area (Å²) in [5.41, 5.74) is 2.54. The van der Waals surface area contributed by atoms with Gasteiger partial charge in [0.05, 0.1) is 0 Å². The highest BCUT2D eigenvalue weighted by Gasteiger charge is 1.84. The maximum Gasteiger partial charge on any atom is 0.0200 e. The quantitative estimate of drug-likeness (QED) is 0.380. The van der Waals surface area contributed by atoms with E-state index in [1.165, 1.54) is 0 Å². The van der Waals surface area contributed by atoms with Gasteiger partial charge in [0.1, 0.15) is 0 Å². The zero-order chi connectivity index (χ0) is 8.15. The van der Waals surface area contributed by atoms with Crippen molar-refractivity contribution >= 4 is 0 Å². The molecule has 0 rings (SSSR count). The first-order chi connectivity index (χ1) is 4.54.